The molecule has 0 bridgehead atoms. The molecule has 1 heterocycles. The van der Waals surface area contributed by atoms with Gasteiger partial charge >= 0.3 is 0 Å². The molecule has 0 saturated heterocycles. The van der Waals surface area contributed by atoms with E-state index in [-0.39, 0.29) is 18.3 Å². The highest BCUT2D eigenvalue weighted by Gasteiger charge is 2.04. The molecule has 0 radical (unpaired) electrons. The fourth-order valence-electron chi connectivity index (χ4n) is 1.87. The number of ketones is 1. The molecule has 22 heavy (non-hydrogen) atoms. The van der Waals surface area contributed by atoms with E-state index >= 15 is 0 Å². The lowest BCUT2D eigenvalue weighted by molar-refractivity contribution is -0.123. The molecule has 2 rings (SSSR count). The Morgan fingerprint density at radius 3 is 2.59 bits per heavy atom. The second-order valence-corrected chi connectivity index (χ2v) is 6.02. The van der Waals surface area contributed by atoms with E-state index in [0.717, 1.165) is 16.9 Å². The van der Waals surface area contributed by atoms with Gasteiger partial charge in [0.05, 0.1) is 6.54 Å². The Morgan fingerprint density at radius 2 is 1.95 bits per heavy atom. The van der Waals surface area contributed by atoms with E-state index in [2.05, 4.69) is 5.32 Å². The molecule has 2 aromatic rings. The minimum atomic E-state index is -0.144. The molecule has 5 heteroatoms. The summed E-state index contributed by atoms with van der Waals surface area (Å²) in [5.41, 5.74) is 1.09. The summed E-state index contributed by atoms with van der Waals surface area (Å²) in [7, 11) is 0. The first-order valence-corrected chi connectivity index (χ1v) is 8.02. The van der Waals surface area contributed by atoms with Crippen LogP contribution in [-0.4, -0.2) is 18.3 Å². The summed E-state index contributed by atoms with van der Waals surface area (Å²) < 4.78 is 5.44. The third-order valence-electron chi connectivity index (χ3n) is 3.10. The molecule has 0 aliphatic rings. The van der Waals surface area contributed by atoms with Crippen LogP contribution in [0, 0.1) is 0 Å². The maximum atomic E-state index is 11.7. The van der Waals surface area contributed by atoms with Crippen LogP contribution in [0.15, 0.2) is 41.8 Å². The van der Waals surface area contributed by atoms with Crippen molar-refractivity contribution >= 4 is 23.0 Å². The SMILES string of the molecule is CC(=O)CCc1ccc(OCC(=O)NCc2cccs2)cc1. The molecule has 0 spiro atoms. The van der Waals surface area contributed by atoms with Crippen LogP contribution in [0.3, 0.4) is 0 Å². The van der Waals surface area contributed by atoms with Crippen molar-refractivity contribution in [1.82, 2.24) is 5.32 Å². The molecule has 0 atom stereocenters. The second-order valence-electron chi connectivity index (χ2n) is 4.99. The van der Waals surface area contributed by atoms with E-state index in [1.165, 1.54) is 0 Å². The number of hydrogen-bond acceptors (Lipinski definition) is 4. The summed E-state index contributed by atoms with van der Waals surface area (Å²) in [5.74, 6) is 0.689. The van der Waals surface area contributed by atoms with Crippen LogP contribution >= 0.6 is 11.3 Å². The normalized spacial score (nSPS) is 10.2. The first-order valence-electron chi connectivity index (χ1n) is 7.14. The monoisotopic (exact) mass is 317 g/mol. The van der Waals surface area contributed by atoms with E-state index in [9.17, 15) is 9.59 Å². The van der Waals surface area contributed by atoms with Gasteiger partial charge in [0.25, 0.3) is 5.91 Å². The van der Waals surface area contributed by atoms with Gasteiger partial charge in [0, 0.05) is 11.3 Å². The van der Waals surface area contributed by atoms with Crippen molar-refractivity contribution in [3.63, 3.8) is 0 Å². The molecule has 1 aromatic carbocycles. The fourth-order valence-corrected chi connectivity index (χ4v) is 2.52. The maximum Gasteiger partial charge on any atom is 0.258 e. The predicted octanol–water partition coefficient (Wildman–Crippen LogP) is 2.96. The number of ether oxygens (including phenoxy) is 1. The number of benzene rings is 1. The smallest absolute Gasteiger partial charge is 0.258 e. The fraction of sp³-hybridized carbons (Fsp3) is 0.294. The minimum Gasteiger partial charge on any atom is -0.484 e. The lowest BCUT2D eigenvalue weighted by Gasteiger charge is -2.07. The number of hydrogen-bond donors (Lipinski definition) is 1. The lowest BCUT2D eigenvalue weighted by atomic mass is 10.1. The van der Waals surface area contributed by atoms with Crippen molar-refractivity contribution < 1.29 is 14.3 Å². The number of nitrogens with one attached hydrogen (secondary N) is 1. The van der Waals surface area contributed by atoms with E-state index < -0.39 is 0 Å². The number of Topliss-reactive ketones (excluding diaryl/α,β-unsaturated/α-hetero) is 1. The Labute approximate surface area is 134 Å². The molecular formula is C17H19NO3S. The first kappa shape index (κ1) is 16.2. The summed E-state index contributed by atoms with van der Waals surface area (Å²) >= 11 is 1.61. The molecule has 4 nitrogen and oxygen atoms in total. The summed E-state index contributed by atoms with van der Waals surface area (Å²) in [4.78, 5) is 23.7. The van der Waals surface area contributed by atoms with Gasteiger partial charge in [0.2, 0.25) is 0 Å². The highest BCUT2D eigenvalue weighted by molar-refractivity contribution is 7.09. The van der Waals surface area contributed by atoms with Crippen molar-refractivity contribution in [1.29, 1.82) is 0 Å². The summed E-state index contributed by atoms with van der Waals surface area (Å²) in [6.07, 6.45) is 1.28. The van der Waals surface area contributed by atoms with Gasteiger partial charge in [0.15, 0.2) is 6.61 Å². The Bertz CT molecular complexity index is 605. The van der Waals surface area contributed by atoms with Crippen molar-refractivity contribution in [2.75, 3.05) is 6.61 Å². The van der Waals surface area contributed by atoms with Crippen LogP contribution < -0.4 is 10.1 Å². The number of carbonyl (C=O) groups is 2. The zero-order chi connectivity index (χ0) is 15.8. The Hall–Kier alpha value is -2.14. The average molecular weight is 317 g/mol. The van der Waals surface area contributed by atoms with Crippen LogP contribution in [0.25, 0.3) is 0 Å². The Morgan fingerprint density at radius 1 is 1.18 bits per heavy atom. The lowest BCUT2D eigenvalue weighted by Crippen LogP contribution is -2.28. The van der Waals surface area contributed by atoms with Gasteiger partial charge in [-0.2, -0.15) is 0 Å². The standard InChI is InChI=1S/C17H19NO3S/c1-13(19)4-5-14-6-8-15(9-7-14)21-12-17(20)18-11-16-3-2-10-22-16/h2-3,6-10H,4-5,11-12H2,1H3,(H,18,20). The number of carbonyl (C=O) groups excluding carboxylic acids is 2. The highest BCUT2D eigenvalue weighted by atomic mass is 32.1. The summed E-state index contributed by atoms with van der Waals surface area (Å²) in [6, 6.07) is 11.4. The Kier molecular flexibility index (Phi) is 6.15. The van der Waals surface area contributed by atoms with Gasteiger partial charge in [-0.1, -0.05) is 18.2 Å². The number of amides is 1. The number of aryl methyl sites for hydroxylation is 1. The van der Waals surface area contributed by atoms with E-state index in [1.807, 2.05) is 41.8 Å². The van der Waals surface area contributed by atoms with Gasteiger partial charge < -0.3 is 14.8 Å². The highest BCUT2D eigenvalue weighted by Crippen LogP contribution is 2.13. The maximum absolute atomic E-state index is 11.7. The molecule has 1 N–H and O–H groups in total. The van der Waals surface area contributed by atoms with Crippen LogP contribution in [0.2, 0.25) is 0 Å². The summed E-state index contributed by atoms with van der Waals surface area (Å²) in [6.45, 7) is 2.12. The van der Waals surface area contributed by atoms with Crippen molar-refractivity contribution in [2.45, 2.75) is 26.3 Å². The van der Waals surface area contributed by atoms with E-state index in [4.69, 9.17) is 4.74 Å². The number of thiophene rings is 1. The van der Waals surface area contributed by atoms with E-state index in [1.54, 1.807) is 18.3 Å². The Balaban J connectivity index is 1.71. The van der Waals surface area contributed by atoms with Crippen LogP contribution in [0.1, 0.15) is 23.8 Å². The third kappa shape index (κ3) is 5.69. The third-order valence-corrected chi connectivity index (χ3v) is 3.98. The predicted molar refractivity (Wildman–Crippen MR) is 87.1 cm³/mol. The quantitative estimate of drug-likeness (QED) is 0.814. The topological polar surface area (TPSA) is 55.4 Å². The van der Waals surface area contributed by atoms with Crippen LogP contribution in [0.5, 0.6) is 5.75 Å². The minimum absolute atomic E-state index is 0.00182. The van der Waals surface area contributed by atoms with Gasteiger partial charge in [0.1, 0.15) is 11.5 Å². The molecule has 1 aromatic heterocycles. The molecule has 0 aliphatic carbocycles. The molecule has 0 saturated carbocycles. The van der Waals surface area contributed by atoms with Gasteiger partial charge in [-0.3, -0.25) is 4.79 Å². The first-order chi connectivity index (χ1) is 10.6. The largest absolute Gasteiger partial charge is 0.484 e. The van der Waals surface area contributed by atoms with Crippen LogP contribution in [0.4, 0.5) is 0 Å². The molecule has 0 unspecified atom stereocenters. The van der Waals surface area contributed by atoms with E-state index in [0.29, 0.717) is 18.7 Å². The zero-order valence-corrected chi connectivity index (χ0v) is 13.3. The van der Waals surface area contributed by atoms with Crippen LogP contribution in [-0.2, 0) is 22.6 Å². The number of rotatable bonds is 8. The molecule has 116 valence electrons. The molecule has 1 amide bonds. The molecule has 0 aliphatic heterocycles. The molecule has 0 fully saturated rings. The van der Waals surface area contributed by atoms with Crippen molar-refractivity contribution in [2.24, 2.45) is 0 Å². The average Bonchev–Trinajstić information content (AvgIpc) is 3.03. The second kappa shape index (κ2) is 8.34. The van der Waals surface area contributed by atoms with Gasteiger partial charge in [-0.25, -0.2) is 0 Å². The summed E-state index contributed by atoms with van der Waals surface area (Å²) in [5, 5.41) is 4.79. The molecular weight excluding hydrogens is 298 g/mol. The zero-order valence-electron chi connectivity index (χ0n) is 12.5. The van der Waals surface area contributed by atoms with Gasteiger partial charge in [-0.15, -0.1) is 11.3 Å². The van der Waals surface area contributed by atoms with Crippen molar-refractivity contribution in [3.8, 4) is 5.75 Å². The van der Waals surface area contributed by atoms with Crippen molar-refractivity contribution in [3.05, 3.63) is 52.2 Å². The van der Waals surface area contributed by atoms with Gasteiger partial charge in [-0.05, 0) is 42.5 Å².